The van der Waals surface area contributed by atoms with E-state index in [4.69, 9.17) is 0 Å². The maximum absolute atomic E-state index is 9.67. The Morgan fingerprint density at radius 2 is 1.77 bits per heavy atom. The highest BCUT2D eigenvalue weighted by molar-refractivity contribution is 8.04. The van der Waals surface area contributed by atoms with Gasteiger partial charge in [0.2, 0.25) is 0 Å². The summed E-state index contributed by atoms with van der Waals surface area (Å²) in [6, 6.07) is 2.64. The van der Waals surface area contributed by atoms with Crippen LogP contribution in [0.4, 0.5) is 0 Å². The fraction of sp³-hybridized carbons (Fsp3) is 0.711. The van der Waals surface area contributed by atoms with Crippen molar-refractivity contribution in [1.82, 2.24) is 4.90 Å². The van der Waals surface area contributed by atoms with Gasteiger partial charge in [-0.05, 0) is 155 Å². The minimum atomic E-state index is 0.312. The Labute approximate surface area is 297 Å². The van der Waals surface area contributed by atoms with Crippen LogP contribution in [0.5, 0.6) is 0 Å². The molecule has 0 bridgehead atoms. The van der Waals surface area contributed by atoms with E-state index in [1.165, 1.54) is 109 Å². The van der Waals surface area contributed by atoms with E-state index in [0.29, 0.717) is 17.8 Å². The van der Waals surface area contributed by atoms with Crippen molar-refractivity contribution in [2.45, 2.75) is 135 Å². The molecular weight excluding hydrogens is 601 g/mol. The van der Waals surface area contributed by atoms with Crippen LogP contribution in [-0.4, -0.2) is 16.7 Å². The molecule has 0 radical (unpaired) electrons. The summed E-state index contributed by atoms with van der Waals surface area (Å²) < 4.78 is 0. The molecule has 1 aliphatic heterocycles. The third-order valence-electron chi connectivity index (χ3n) is 14.7. The average molecular weight is 663 g/mol. The quantitative estimate of drug-likeness (QED) is 0.242. The fourth-order valence-corrected chi connectivity index (χ4v) is 13.8. The molecule has 3 saturated carbocycles. The van der Waals surface area contributed by atoms with Crippen LogP contribution in [0.1, 0.15) is 129 Å². The van der Waals surface area contributed by atoms with Gasteiger partial charge in [-0.2, -0.15) is 5.26 Å². The standard InChI is InChI=1S/C45H62N2S/c1-3-32(35-17-21-42-41-13-7-8-14-44(41)48-45(42)27-35)12-9-23-47(37-18-16-34(26-37)33-10-5-4-6-11-33)38-19-22-40-39-20-15-31(29-46)25-36(39)24-30(2)43(40)28-38/h7,9,12-13,26-28,30-34,36,39-41,43-44H,3-6,8,10-11,14-25H2,1-2H3/b12-9-. The van der Waals surface area contributed by atoms with Crippen LogP contribution in [0, 0.1) is 70.5 Å². The zero-order chi connectivity index (χ0) is 32.6. The normalized spacial score (nSPS) is 38.7. The van der Waals surface area contributed by atoms with Crippen LogP contribution in [0.2, 0.25) is 0 Å². The van der Waals surface area contributed by atoms with Crippen molar-refractivity contribution >= 4 is 11.8 Å². The van der Waals surface area contributed by atoms with Crippen LogP contribution in [0.25, 0.3) is 0 Å². The molecule has 258 valence electrons. The first kappa shape index (κ1) is 33.2. The number of fused-ring (bicyclic) bond motifs is 5. The zero-order valence-electron chi connectivity index (χ0n) is 30.1. The number of hydrogen-bond acceptors (Lipinski definition) is 3. The molecule has 3 fully saturated rings. The minimum Gasteiger partial charge on any atom is -0.345 e. The number of thioether (sulfide) groups is 1. The van der Waals surface area contributed by atoms with E-state index in [1.54, 1.807) is 27.4 Å². The summed E-state index contributed by atoms with van der Waals surface area (Å²) in [6.45, 7) is 5.99. The Kier molecular flexibility index (Phi) is 10.2. The summed E-state index contributed by atoms with van der Waals surface area (Å²) >= 11 is 2.19. The van der Waals surface area contributed by atoms with Gasteiger partial charge in [0.05, 0.1) is 6.07 Å². The minimum absolute atomic E-state index is 0.312. The lowest BCUT2D eigenvalue weighted by Gasteiger charge is -2.51. The lowest BCUT2D eigenvalue weighted by atomic mass is 9.55. The summed E-state index contributed by atoms with van der Waals surface area (Å²) in [7, 11) is 0. The smallest absolute Gasteiger partial charge is 0.0655 e. The van der Waals surface area contributed by atoms with Gasteiger partial charge in [0.25, 0.3) is 0 Å². The molecule has 0 N–H and O–H groups in total. The van der Waals surface area contributed by atoms with E-state index < -0.39 is 0 Å². The number of nitrogens with zero attached hydrogens (tertiary/aromatic N) is 2. The first-order valence-electron chi connectivity index (χ1n) is 20.6. The summed E-state index contributed by atoms with van der Waals surface area (Å²) in [5.74, 6) is 7.25. The van der Waals surface area contributed by atoms with Gasteiger partial charge in [0, 0.05) is 39.9 Å². The van der Waals surface area contributed by atoms with Crippen molar-refractivity contribution in [3.05, 3.63) is 70.0 Å². The summed E-state index contributed by atoms with van der Waals surface area (Å²) in [6.07, 6.45) is 42.1. The van der Waals surface area contributed by atoms with Crippen molar-refractivity contribution in [2.24, 2.45) is 59.2 Å². The largest absolute Gasteiger partial charge is 0.345 e. The van der Waals surface area contributed by atoms with E-state index in [-0.39, 0.29) is 0 Å². The van der Waals surface area contributed by atoms with E-state index >= 15 is 0 Å². The molecule has 2 nitrogen and oxygen atoms in total. The van der Waals surface area contributed by atoms with Crippen molar-refractivity contribution in [3.8, 4) is 6.07 Å². The van der Waals surface area contributed by atoms with E-state index in [1.807, 2.05) is 0 Å². The lowest BCUT2D eigenvalue weighted by molar-refractivity contribution is 0.0164. The molecule has 48 heavy (non-hydrogen) atoms. The molecule has 7 aliphatic carbocycles. The second-order valence-electron chi connectivity index (χ2n) is 17.3. The molecule has 0 amide bonds. The van der Waals surface area contributed by atoms with Gasteiger partial charge < -0.3 is 4.90 Å². The van der Waals surface area contributed by atoms with Crippen molar-refractivity contribution in [3.63, 3.8) is 0 Å². The Morgan fingerprint density at radius 1 is 0.917 bits per heavy atom. The van der Waals surface area contributed by atoms with Gasteiger partial charge in [-0.3, -0.25) is 0 Å². The van der Waals surface area contributed by atoms with E-state index in [2.05, 4.69) is 79.1 Å². The predicted octanol–water partition coefficient (Wildman–Crippen LogP) is 12.3. The van der Waals surface area contributed by atoms with Crippen molar-refractivity contribution in [1.29, 1.82) is 5.26 Å². The second kappa shape index (κ2) is 14.7. The lowest BCUT2D eigenvalue weighted by Crippen LogP contribution is -2.43. The molecule has 10 unspecified atom stereocenters. The summed E-state index contributed by atoms with van der Waals surface area (Å²) in [5.41, 5.74) is 6.72. The van der Waals surface area contributed by atoms with Gasteiger partial charge >= 0.3 is 0 Å². The SMILES string of the molecule is CCC(/C=C\CN(C1=CC(C2CCCCC2)CC1)C1=CC2C(C)CC3CC(C#N)CCC3C2CC1)C1=CC2=C(CC1)C1C=CCCC1S2. The molecule has 0 saturated heterocycles. The van der Waals surface area contributed by atoms with Gasteiger partial charge in [0.15, 0.2) is 0 Å². The maximum Gasteiger partial charge on any atom is 0.0655 e. The fourth-order valence-electron chi connectivity index (χ4n) is 12.2. The van der Waals surface area contributed by atoms with Gasteiger partial charge in [-0.25, -0.2) is 0 Å². The van der Waals surface area contributed by atoms with Crippen molar-refractivity contribution < 1.29 is 0 Å². The average Bonchev–Trinajstić information content (AvgIpc) is 3.77. The number of hydrogen-bond donors (Lipinski definition) is 0. The molecular formula is C45H62N2S. The van der Waals surface area contributed by atoms with Crippen LogP contribution in [0.15, 0.2) is 70.0 Å². The van der Waals surface area contributed by atoms with Crippen LogP contribution in [-0.2, 0) is 0 Å². The highest BCUT2D eigenvalue weighted by Gasteiger charge is 2.46. The van der Waals surface area contributed by atoms with Crippen LogP contribution < -0.4 is 0 Å². The van der Waals surface area contributed by atoms with Gasteiger partial charge in [-0.15, -0.1) is 11.8 Å². The highest BCUT2D eigenvalue weighted by Crippen LogP contribution is 2.55. The Hall–Kier alpha value is -1.92. The van der Waals surface area contributed by atoms with Crippen LogP contribution in [0.3, 0.4) is 0 Å². The first-order chi connectivity index (χ1) is 23.6. The zero-order valence-corrected chi connectivity index (χ0v) is 30.9. The molecule has 0 aromatic rings. The molecule has 0 aromatic heterocycles. The molecule has 8 rings (SSSR count). The van der Waals surface area contributed by atoms with Crippen LogP contribution >= 0.6 is 11.8 Å². The molecule has 0 spiro atoms. The van der Waals surface area contributed by atoms with E-state index in [9.17, 15) is 5.26 Å². The van der Waals surface area contributed by atoms with E-state index in [0.717, 1.165) is 59.6 Å². The predicted molar refractivity (Wildman–Crippen MR) is 203 cm³/mol. The number of nitriles is 1. The number of rotatable bonds is 8. The Morgan fingerprint density at radius 3 is 2.62 bits per heavy atom. The summed E-state index contributed by atoms with van der Waals surface area (Å²) in [4.78, 5) is 4.45. The summed E-state index contributed by atoms with van der Waals surface area (Å²) in [5, 5.41) is 10.5. The Balaban J connectivity index is 1.02. The maximum atomic E-state index is 9.67. The third-order valence-corrected chi connectivity index (χ3v) is 16.2. The Bertz CT molecular complexity index is 1410. The van der Waals surface area contributed by atoms with Gasteiger partial charge in [0.1, 0.15) is 0 Å². The molecule has 0 aromatic carbocycles. The topological polar surface area (TPSA) is 27.0 Å². The molecule has 1 heterocycles. The van der Waals surface area contributed by atoms with Crippen molar-refractivity contribution in [2.75, 3.05) is 6.54 Å². The number of allylic oxidation sites excluding steroid dienone is 10. The molecule has 3 heteroatoms. The second-order valence-corrected chi connectivity index (χ2v) is 18.6. The van der Waals surface area contributed by atoms with Gasteiger partial charge in [-0.1, -0.05) is 75.1 Å². The monoisotopic (exact) mass is 662 g/mol. The highest BCUT2D eigenvalue weighted by atomic mass is 32.2. The molecule has 8 aliphatic rings. The third kappa shape index (κ3) is 6.63. The molecule has 10 atom stereocenters. The first-order valence-corrected chi connectivity index (χ1v) is 21.5.